The van der Waals surface area contributed by atoms with Crippen molar-refractivity contribution in [2.75, 3.05) is 0 Å². The van der Waals surface area contributed by atoms with Crippen LogP contribution in [0.15, 0.2) is 0 Å². The monoisotopic (exact) mass is 309 g/mol. The summed E-state index contributed by atoms with van der Waals surface area (Å²) >= 11 is 0. The molecule has 0 fully saturated rings. The quantitative estimate of drug-likeness (QED) is 0.640. The minimum Gasteiger partial charge on any atom is -0.264 e. The molecule has 0 aliphatic heterocycles. The summed E-state index contributed by atoms with van der Waals surface area (Å²) in [5, 5.41) is 0. The smallest absolute Gasteiger partial charge is 0.264 e. The molecule has 10 heavy (non-hydrogen) atoms. The molecular weight excluding hydrogens is 306 g/mol. The Morgan fingerprint density at radius 1 is 1.10 bits per heavy atom. The van der Waals surface area contributed by atoms with E-state index in [4.69, 9.17) is 17.5 Å². The number of halogens is 3. The van der Waals surface area contributed by atoms with Gasteiger partial charge in [-0.3, -0.25) is 9.11 Å². The second-order valence-corrected chi connectivity index (χ2v) is 1.59. The predicted octanol–water partition coefficient (Wildman–Crippen LogP) is 0.526. The average Bonchev–Trinajstić information content (AvgIpc) is 1.19. The summed E-state index contributed by atoms with van der Waals surface area (Å²) in [6.45, 7) is -3.67. The van der Waals surface area contributed by atoms with Gasteiger partial charge in [0.15, 0.2) is 0 Å². The third-order valence-electron chi connectivity index (χ3n) is 0. The molecule has 0 aromatic rings. The van der Waals surface area contributed by atoms with E-state index in [1.54, 1.807) is 0 Å². The van der Waals surface area contributed by atoms with Crippen molar-refractivity contribution in [3.63, 3.8) is 0 Å². The van der Waals surface area contributed by atoms with E-state index < -0.39 is 17.1 Å². The van der Waals surface area contributed by atoms with Gasteiger partial charge in [-0.15, -0.1) is 0 Å². The molecule has 0 aliphatic rings. The van der Waals surface area contributed by atoms with Crippen LogP contribution >= 0.6 is 0 Å². The molecule has 9 heteroatoms. The molecule has 0 unspecified atom stereocenters. The van der Waals surface area contributed by atoms with Gasteiger partial charge < -0.3 is 0 Å². The van der Waals surface area contributed by atoms with E-state index in [1.165, 1.54) is 0 Å². The minimum atomic E-state index is -4.67. The Bertz CT molecular complexity index is 132. The van der Waals surface area contributed by atoms with E-state index in [2.05, 4.69) is 0 Å². The topological polar surface area (TPSA) is 74.6 Å². The summed E-state index contributed by atoms with van der Waals surface area (Å²) < 4.78 is 60.6. The van der Waals surface area contributed by atoms with Gasteiger partial charge in [0.25, 0.3) is 0 Å². The first-order valence-corrected chi connectivity index (χ1v) is 2.75. The summed E-state index contributed by atoms with van der Waals surface area (Å²) in [7, 11) is -4.67. The normalized spacial score (nSPS) is 9.40. The largest absolute Gasteiger partial charge is 0.394 e. The van der Waals surface area contributed by atoms with Crippen molar-refractivity contribution in [1.29, 1.82) is 0 Å². The Kier molecular flexibility index (Phi) is 14.0. The second-order valence-electron chi connectivity index (χ2n) is 0.695. The van der Waals surface area contributed by atoms with Crippen molar-refractivity contribution >= 4 is 10.4 Å². The summed E-state index contributed by atoms with van der Waals surface area (Å²) in [4.78, 5) is 0. The molecule has 0 aliphatic carbocycles. The van der Waals surface area contributed by atoms with Crippen molar-refractivity contribution in [2.45, 2.75) is 6.68 Å². The van der Waals surface area contributed by atoms with Crippen molar-refractivity contribution in [1.82, 2.24) is 0 Å². The zero-order valence-electron chi connectivity index (χ0n) is 4.41. The maximum Gasteiger partial charge on any atom is 0.394 e. The van der Waals surface area contributed by atoms with Crippen molar-refractivity contribution in [3.8, 4) is 0 Å². The molecule has 1 radical (unpaired) electrons. The van der Waals surface area contributed by atoms with Gasteiger partial charge in [0.2, 0.25) is 0 Å². The standard InChI is InChI=1S/CHF3.H2O4S.Pr/c2-1(3)4;1-5(2,3)4;/h1H;(H2,1,2,3,4);. The molecule has 0 saturated heterocycles. The van der Waals surface area contributed by atoms with Crippen LogP contribution in [0, 0.1) is 41.3 Å². The van der Waals surface area contributed by atoms with Crippen LogP contribution in [0.2, 0.25) is 0 Å². The summed E-state index contributed by atoms with van der Waals surface area (Å²) in [6, 6.07) is 0. The van der Waals surface area contributed by atoms with Gasteiger partial charge in [-0.05, 0) is 0 Å². The SMILES string of the molecule is FC(F)F.O=S(=O)(O)O.[Pr]. The van der Waals surface area contributed by atoms with Gasteiger partial charge in [0.05, 0.1) is 0 Å². The molecule has 2 N–H and O–H groups in total. The van der Waals surface area contributed by atoms with Gasteiger partial charge in [-0.1, -0.05) is 0 Å². The molecule has 0 amide bonds. The third kappa shape index (κ3) is 554. The third-order valence-corrected chi connectivity index (χ3v) is 0. The molecule has 0 aromatic carbocycles. The fourth-order valence-corrected chi connectivity index (χ4v) is 0. The zero-order valence-corrected chi connectivity index (χ0v) is 8.93. The maximum absolute atomic E-state index is 9.67. The minimum absolute atomic E-state index is 0. The van der Waals surface area contributed by atoms with Crippen molar-refractivity contribution in [3.05, 3.63) is 0 Å². The van der Waals surface area contributed by atoms with Gasteiger partial charge in [0.1, 0.15) is 0 Å². The van der Waals surface area contributed by atoms with Crippen LogP contribution in [0.3, 0.4) is 0 Å². The molecule has 0 spiro atoms. The molecule has 0 rings (SSSR count). The maximum atomic E-state index is 9.67. The Morgan fingerprint density at radius 2 is 1.10 bits per heavy atom. The molecule has 61 valence electrons. The van der Waals surface area contributed by atoms with Gasteiger partial charge in [-0.25, -0.2) is 0 Å². The second kappa shape index (κ2) is 8.12. The van der Waals surface area contributed by atoms with E-state index in [9.17, 15) is 13.2 Å². The average molecular weight is 309 g/mol. The van der Waals surface area contributed by atoms with Gasteiger partial charge in [-0.2, -0.15) is 21.6 Å². The Balaban J connectivity index is -0.0000000910. The van der Waals surface area contributed by atoms with E-state index in [-0.39, 0.29) is 41.3 Å². The van der Waals surface area contributed by atoms with Gasteiger partial charge >= 0.3 is 17.1 Å². The summed E-state index contributed by atoms with van der Waals surface area (Å²) in [5.74, 6) is 0. The van der Waals surface area contributed by atoms with E-state index >= 15 is 0 Å². The Labute approximate surface area is 88.3 Å². The van der Waals surface area contributed by atoms with Crippen LogP contribution in [0.1, 0.15) is 0 Å². The van der Waals surface area contributed by atoms with Crippen molar-refractivity contribution in [2.24, 2.45) is 0 Å². The number of alkyl halides is 3. The molecule has 0 saturated carbocycles. The molecular formula is CH3F3O4PrS. The van der Waals surface area contributed by atoms with Crippen LogP contribution in [0.5, 0.6) is 0 Å². The number of rotatable bonds is 0. The molecule has 0 atom stereocenters. The number of hydrogen-bond donors (Lipinski definition) is 2. The molecule has 4 nitrogen and oxygen atoms in total. The molecule has 0 bridgehead atoms. The Morgan fingerprint density at radius 3 is 1.10 bits per heavy atom. The van der Waals surface area contributed by atoms with E-state index in [1.807, 2.05) is 0 Å². The van der Waals surface area contributed by atoms with E-state index in [0.29, 0.717) is 0 Å². The fourth-order valence-electron chi connectivity index (χ4n) is 0. The molecule has 0 heterocycles. The number of hydrogen-bond acceptors (Lipinski definition) is 2. The van der Waals surface area contributed by atoms with Crippen LogP contribution in [-0.2, 0) is 10.4 Å². The Hall–Kier alpha value is 1.02. The van der Waals surface area contributed by atoms with Crippen LogP contribution < -0.4 is 0 Å². The summed E-state index contributed by atoms with van der Waals surface area (Å²) in [6.07, 6.45) is 0. The predicted molar refractivity (Wildman–Crippen MR) is 21.3 cm³/mol. The van der Waals surface area contributed by atoms with Crippen molar-refractivity contribution < 1.29 is 72.0 Å². The first-order chi connectivity index (χ1) is 3.73. The van der Waals surface area contributed by atoms with Crippen LogP contribution in [0.4, 0.5) is 13.2 Å². The van der Waals surface area contributed by atoms with Crippen LogP contribution in [-0.4, -0.2) is 24.2 Å². The molecule has 0 aromatic heterocycles. The fraction of sp³-hybridized carbons (Fsp3) is 1.00. The van der Waals surface area contributed by atoms with Crippen LogP contribution in [0.25, 0.3) is 0 Å². The first kappa shape index (κ1) is 17.2. The van der Waals surface area contributed by atoms with E-state index in [0.717, 1.165) is 0 Å². The summed E-state index contributed by atoms with van der Waals surface area (Å²) in [5.41, 5.74) is 0. The first-order valence-electron chi connectivity index (χ1n) is 1.35. The zero-order chi connectivity index (χ0) is 8.08. The van der Waals surface area contributed by atoms with Gasteiger partial charge in [0, 0.05) is 41.3 Å².